The summed E-state index contributed by atoms with van der Waals surface area (Å²) in [5, 5.41) is 6.80. The Morgan fingerprint density at radius 1 is 1.22 bits per heavy atom. The number of pyridine rings is 2. The molecule has 118 valence electrons. The quantitative estimate of drug-likeness (QED) is 0.783. The molecule has 6 nitrogen and oxygen atoms in total. The number of nitrogens with one attached hydrogen (secondary N) is 1. The van der Waals surface area contributed by atoms with Gasteiger partial charge in [-0.25, -0.2) is 4.98 Å². The highest BCUT2D eigenvalue weighted by molar-refractivity contribution is 6.04. The first kappa shape index (κ1) is 14.9. The highest BCUT2D eigenvalue weighted by Gasteiger charge is 2.31. The Labute approximate surface area is 127 Å². The molecule has 0 spiro atoms. The second-order valence-corrected chi connectivity index (χ2v) is 4.76. The molecule has 3 aromatic rings. The predicted molar refractivity (Wildman–Crippen MR) is 73.7 cm³/mol. The fourth-order valence-corrected chi connectivity index (χ4v) is 1.94. The molecule has 0 atom stereocenters. The highest BCUT2D eigenvalue weighted by Crippen LogP contribution is 2.29. The number of aryl methyl sites for hydroxylation is 1. The Balaban J connectivity index is 1.87. The summed E-state index contributed by atoms with van der Waals surface area (Å²) in [7, 11) is 0. The summed E-state index contributed by atoms with van der Waals surface area (Å²) >= 11 is 0. The fraction of sp³-hybridized carbons (Fsp3) is 0.143. The molecular weight excluding hydrogens is 313 g/mol. The zero-order valence-corrected chi connectivity index (χ0v) is 11.7. The maximum absolute atomic E-state index is 12.6. The van der Waals surface area contributed by atoms with E-state index in [-0.39, 0.29) is 5.56 Å². The van der Waals surface area contributed by atoms with Gasteiger partial charge in [0.25, 0.3) is 11.6 Å². The van der Waals surface area contributed by atoms with Crippen molar-refractivity contribution in [1.29, 1.82) is 0 Å². The van der Waals surface area contributed by atoms with Crippen molar-refractivity contribution < 1.29 is 22.5 Å². The van der Waals surface area contributed by atoms with E-state index in [0.717, 1.165) is 12.3 Å². The molecule has 0 aromatic carbocycles. The maximum atomic E-state index is 12.6. The van der Waals surface area contributed by atoms with Crippen LogP contribution in [0.4, 0.5) is 18.9 Å². The molecule has 0 saturated heterocycles. The van der Waals surface area contributed by atoms with Crippen LogP contribution in [-0.4, -0.2) is 21.0 Å². The Kier molecular flexibility index (Phi) is 3.47. The smallest absolute Gasteiger partial charge is 0.336 e. The summed E-state index contributed by atoms with van der Waals surface area (Å²) in [6.45, 7) is 1.70. The topological polar surface area (TPSA) is 80.9 Å². The van der Waals surface area contributed by atoms with Crippen LogP contribution in [0.3, 0.4) is 0 Å². The normalized spacial score (nSPS) is 11.7. The Bertz CT molecular complexity index is 889. The zero-order valence-electron chi connectivity index (χ0n) is 11.7. The van der Waals surface area contributed by atoms with Gasteiger partial charge >= 0.3 is 6.18 Å². The molecule has 9 heteroatoms. The maximum Gasteiger partial charge on any atom is 0.417 e. The molecule has 3 aromatic heterocycles. The Hall–Kier alpha value is -2.97. The van der Waals surface area contributed by atoms with Crippen LogP contribution in [-0.2, 0) is 6.18 Å². The third-order valence-corrected chi connectivity index (χ3v) is 3.10. The van der Waals surface area contributed by atoms with E-state index in [2.05, 4.69) is 20.4 Å². The summed E-state index contributed by atoms with van der Waals surface area (Å²) in [5.74, 6) is -0.723. The minimum atomic E-state index is -4.57. The first-order valence-corrected chi connectivity index (χ1v) is 6.40. The summed E-state index contributed by atoms with van der Waals surface area (Å²) < 4.78 is 42.9. The van der Waals surface area contributed by atoms with E-state index in [1.165, 1.54) is 6.20 Å². The molecule has 0 unspecified atom stereocenters. The molecule has 0 saturated carbocycles. The standard InChI is InChI=1S/C14H9F3N4O2/c1-7-11-3-10(6-19-13(11)23-21-7)20-12(22)8-2-9(5-18-4-8)14(15,16)17/h2-6H,1H3,(H,20,22). The first-order chi connectivity index (χ1) is 10.8. The number of hydrogen-bond donors (Lipinski definition) is 1. The lowest BCUT2D eigenvalue weighted by Gasteiger charge is -2.08. The zero-order chi connectivity index (χ0) is 16.6. The van der Waals surface area contributed by atoms with Gasteiger partial charge in [-0.05, 0) is 19.1 Å². The van der Waals surface area contributed by atoms with Crippen molar-refractivity contribution in [3.8, 4) is 0 Å². The van der Waals surface area contributed by atoms with E-state index < -0.39 is 17.6 Å². The van der Waals surface area contributed by atoms with Crippen molar-refractivity contribution in [3.05, 3.63) is 47.5 Å². The molecule has 0 fully saturated rings. The van der Waals surface area contributed by atoms with Crippen molar-refractivity contribution in [3.63, 3.8) is 0 Å². The van der Waals surface area contributed by atoms with Crippen LogP contribution in [0.15, 0.2) is 35.2 Å². The average molecular weight is 322 g/mol. The van der Waals surface area contributed by atoms with E-state index >= 15 is 0 Å². The van der Waals surface area contributed by atoms with Gasteiger partial charge < -0.3 is 9.84 Å². The molecule has 0 aliphatic heterocycles. The van der Waals surface area contributed by atoms with Crippen LogP contribution in [0.1, 0.15) is 21.6 Å². The molecule has 0 bridgehead atoms. The molecule has 0 aliphatic rings. The van der Waals surface area contributed by atoms with Crippen LogP contribution < -0.4 is 5.32 Å². The van der Waals surface area contributed by atoms with Gasteiger partial charge in [0, 0.05) is 12.4 Å². The van der Waals surface area contributed by atoms with Gasteiger partial charge in [-0.2, -0.15) is 13.2 Å². The van der Waals surface area contributed by atoms with Gasteiger partial charge in [-0.15, -0.1) is 0 Å². The van der Waals surface area contributed by atoms with Crippen molar-refractivity contribution in [2.75, 3.05) is 5.32 Å². The van der Waals surface area contributed by atoms with Crippen molar-refractivity contribution in [2.45, 2.75) is 13.1 Å². The van der Waals surface area contributed by atoms with Crippen LogP contribution in [0.25, 0.3) is 11.1 Å². The van der Waals surface area contributed by atoms with Gasteiger partial charge in [0.1, 0.15) is 0 Å². The third-order valence-electron chi connectivity index (χ3n) is 3.10. The minimum absolute atomic E-state index is 0.207. The number of hydrogen-bond acceptors (Lipinski definition) is 5. The van der Waals surface area contributed by atoms with Gasteiger partial charge in [-0.1, -0.05) is 5.16 Å². The highest BCUT2D eigenvalue weighted by atomic mass is 19.4. The summed E-state index contributed by atoms with van der Waals surface area (Å²) in [6, 6.07) is 2.31. The van der Waals surface area contributed by atoms with E-state index in [4.69, 9.17) is 4.52 Å². The lowest BCUT2D eigenvalue weighted by atomic mass is 10.2. The minimum Gasteiger partial charge on any atom is -0.336 e. The lowest BCUT2D eigenvalue weighted by molar-refractivity contribution is -0.137. The van der Waals surface area contributed by atoms with Crippen molar-refractivity contribution in [2.24, 2.45) is 0 Å². The van der Waals surface area contributed by atoms with E-state index in [9.17, 15) is 18.0 Å². The van der Waals surface area contributed by atoms with Gasteiger partial charge in [-0.3, -0.25) is 9.78 Å². The molecule has 23 heavy (non-hydrogen) atoms. The van der Waals surface area contributed by atoms with Gasteiger partial charge in [0.05, 0.1) is 34.1 Å². The van der Waals surface area contributed by atoms with E-state index in [1.807, 2.05) is 0 Å². The molecule has 1 amide bonds. The van der Waals surface area contributed by atoms with Crippen molar-refractivity contribution >= 4 is 22.7 Å². The number of carbonyl (C=O) groups is 1. The van der Waals surface area contributed by atoms with Crippen LogP contribution in [0.5, 0.6) is 0 Å². The molecule has 3 rings (SSSR count). The Morgan fingerprint density at radius 3 is 2.74 bits per heavy atom. The first-order valence-electron chi connectivity index (χ1n) is 6.40. The molecule has 0 radical (unpaired) electrons. The second kappa shape index (κ2) is 5.34. The molecule has 3 heterocycles. The third kappa shape index (κ3) is 2.98. The second-order valence-electron chi connectivity index (χ2n) is 4.76. The number of alkyl halides is 3. The summed E-state index contributed by atoms with van der Waals surface area (Å²) in [5.41, 5.74) is 0.00680. The summed E-state index contributed by atoms with van der Waals surface area (Å²) in [6.07, 6.45) is -1.53. The largest absolute Gasteiger partial charge is 0.417 e. The number of amides is 1. The van der Waals surface area contributed by atoms with E-state index in [0.29, 0.717) is 28.7 Å². The van der Waals surface area contributed by atoms with Gasteiger partial charge in [0.15, 0.2) is 0 Å². The molecule has 1 N–H and O–H groups in total. The molecule has 0 aliphatic carbocycles. The number of nitrogens with zero attached hydrogens (tertiary/aromatic N) is 3. The lowest BCUT2D eigenvalue weighted by Crippen LogP contribution is -2.14. The number of anilines is 1. The number of fused-ring (bicyclic) bond motifs is 1. The number of aromatic nitrogens is 3. The van der Waals surface area contributed by atoms with Crippen LogP contribution in [0, 0.1) is 6.92 Å². The Morgan fingerprint density at radius 2 is 2.00 bits per heavy atom. The SMILES string of the molecule is Cc1noc2ncc(NC(=O)c3cncc(C(F)(F)F)c3)cc12. The van der Waals surface area contributed by atoms with Crippen molar-refractivity contribution in [1.82, 2.24) is 15.1 Å². The average Bonchev–Trinajstić information content (AvgIpc) is 2.88. The van der Waals surface area contributed by atoms with Crippen LogP contribution in [0.2, 0.25) is 0 Å². The fourth-order valence-electron chi connectivity index (χ4n) is 1.94. The number of rotatable bonds is 2. The number of carbonyl (C=O) groups excluding carboxylic acids is 1. The molecular formula is C14H9F3N4O2. The van der Waals surface area contributed by atoms with Gasteiger partial charge in [0.2, 0.25) is 0 Å². The summed E-state index contributed by atoms with van der Waals surface area (Å²) in [4.78, 5) is 19.5. The van der Waals surface area contributed by atoms with Crippen LogP contribution >= 0.6 is 0 Å². The monoisotopic (exact) mass is 322 g/mol. The number of halogens is 3. The predicted octanol–water partition coefficient (Wildman–Crippen LogP) is 3.20. The van der Waals surface area contributed by atoms with E-state index in [1.54, 1.807) is 13.0 Å².